The van der Waals surface area contributed by atoms with Gasteiger partial charge in [0.25, 0.3) is 0 Å². The lowest BCUT2D eigenvalue weighted by molar-refractivity contribution is 0.617. The van der Waals surface area contributed by atoms with Crippen LogP contribution in [0, 0.1) is 5.82 Å². The number of rotatable bonds is 5. The summed E-state index contributed by atoms with van der Waals surface area (Å²) in [5, 5.41) is 5.00. The average molecular weight is 521 g/mol. The normalized spacial score (nSPS) is 17.8. The number of fused-ring (bicyclic) bond motifs is 1. The summed E-state index contributed by atoms with van der Waals surface area (Å²) in [4.78, 5) is 20.8. The summed E-state index contributed by atoms with van der Waals surface area (Å²) < 4.78 is 15.8. The van der Waals surface area contributed by atoms with Gasteiger partial charge in [-0.1, -0.05) is 18.2 Å². The number of benzene rings is 1. The van der Waals surface area contributed by atoms with Crippen LogP contribution in [0.25, 0.3) is 17.0 Å². The van der Waals surface area contributed by atoms with Crippen molar-refractivity contribution in [3.8, 4) is 11.4 Å². The highest BCUT2D eigenvalue weighted by Crippen LogP contribution is 2.36. The summed E-state index contributed by atoms with van der Waals surface area (Å²) in [7, 11) is 0. The Kier molecular flexibility index (Phi) is 6.03. The molecule has 0 saturated carbocycles. The highest BCUT2D eigenvalue weighted by atomic mass is 19.1. The van der Waals surface area contributed by atoms with Crippen LogP contribution in [0.4, 0.5) is 21.7 Å². The van der Waals surface area contributed by atoms with Crippen LogP contribution >= 0.6 is 0 Å². The fraction of sp³-hybridized carbons (Fsp3) is 0.267. The first-order chi connectivity index (χ1) is 19.2. The molecule has 0 unspecified atom stereocenters. The summed E-state index contributed by atoms with van der Waals surface area (Å²) in [5.74, 6) is 1.61. The van der Waals surface area contributed by atoms with Crippen LogP contribution in [0.5, 0.6) is 0 Å². The molecule has 2 fully saturated rings. The molecule has 0 bridgehead atoms. The number of piperazine rings is 1. The number of imidazole rings is 1. The lowest BCUT2D eigenvalue weighted by atomic mass is 10.0. The van der Waals surface area contributed by atoms with Crippen molar-refractivity contribution in [3.05, 3.63) is 96.7 Å². The second kappa shape index (κ2) is 9.98. The van der Waals surface area contributed by atoms with Crippen LogP contribution in [0.3, 0.4) is 0 Å². The second-order valence-corrected chi connectivity index (χ2v) is 10.1. The van der Waals surface area contributed by atoms with Crippen molar-refractivity contribution in [2.24, 2.45) is 0 Å². The monoisotopic (exact) mass is 520 g/mol. The molecule has 1 aromatic carbocycles. The van der Waals surface area contributed by atoms with E-state index in [1.807, 2.05) is 47.2 Å². The van der Waals surface area contributed by atoms with E-state index >= 15 is 0 Å². The fourth-order valence-electron chi connectivity index (χ4n) is 5.77. The highest BCUT2D eigenvalue weighted by Gasteiger charge is 2.28. The minimum Gasteiger partial charge on any atom is -0.367 e. The number of halogens is 1. The number of hydrogen-bond donors (Lipinski definition) is 0. The molecule has 5 aromatic rings. The van der Waals surface area contributed by atoms with E-state index in [0.717, 1.165) is 85.5 Å². The number of nitrogens with zero attached hydrogens (tertiary/aromatic N) is 8. The fourth-order valence-corrected chi connectivity index (χ4v) is 5.77. The SMILES string of the molecule is Fc1cccc([C@H]2CCCN2c2ccc3ncc(-c4cccc(N5CCN(c6cccnc6)CC5)n4)n3n2)c1. The molecule has 2 saturated heterocycles. The average Bonchev–Trinajstić information content (AvgIpc) is 3.65. The van der Waals surface area contributed by atoms with Crippen molar-refractivity contribution in [3.63, 3.8) is 0 Å². The van der Waals surface area contributed by atoms with Gasteiger partial charge in [0.15, 0.2) is 5.65 Å². The Morgan fingerprint density at radius 1 is 0.795 bits per heavy atom. The summed E-state index contributed by atoms with van der Waals surface area (Å²) in [5.41, 5.74) is 4.60. The summed E-state index contributed by atoms with van der Waals surface area (Å²) in [6.45, 7) is 4.48. The maximum absolute atomic E-state index is 14.0. The van der Waals surface area contributed by atoms with Gasteiger partial charge in [-0.15, -0.1) is 5.10 Å². The zero-order valence-electron chi connectivity index (χ0n) is 21.6. The van der Waals surface area contributed by atoms with E-state index < -0.39 is 0 Å². The third-order valence-electron chi connectivity index (χ3n) is 7.74. The summed E-state index contributed by atoms with van der Waals surface area (Å²) in [6, 6.07) is 21.2. The predicted molar refractivity (Wildman–Crippen MR) is 151 cm³/mol. The van der Waals surface area contributed by atoms with Crippen molar-refractivity contribution in [1.82, 2.24) is 24.6 Å². The van der Waals surface area contributed by atoms with Gasteiger partial charge < -0.3 is 14.7 Å². The number of hydrogen-bond acceptors (Lipinski definition) is 7. The summed E-state index contributed by atoms with van der Waals surface area (Å²) in [6.07, 6.45) is 7.57. The van der Waals surface area contributed by atoms with Gasteiger partial charge >= 0.3 is 0 Å². The van der Waals surface area contributed by atoms with Crippen molar-refractivity contribution in [2.45, 2.75) is 18.9 Å². The Hall–Kier alpha value is -4.53. The molecular formula is C30H29FN8. The molecule has 8 nitrogen and oxygen atoms in total. The molecule has 4 aromatic heterocycles. The Balaban J connectivity index is 1.15. The Morgan fingerprint density at radius 2 is 1.67 bits per heavy atom. The molecule has 0 radical (unpaired) electrons. The zero-order valence-corrected chi connectivity index (χ0v) is 21.6. The van der Waals surface area contributed by atoms with Crippen molar-refractivity contribution < 1.29 is 4.39 Å². The van der Waals surface area contributed by atoms with Crippen molar-refractivity contribution in [1.29, 1.82) is 0 Å². The van der Waals surface area contributed by atoms with E-state index in [1.54, 1.807) is 18.3 Å². The van der Waals surface area contributed by atoms with Gasteiger partial charge in [0.1, 0.15) is 23.1 Å². The standard InChI is InChI=1S/C30H29FN8/c31-23-6-1-5-22(19-23)26-9-4-14-38(26)30-12-11-28-33-21-27(39(28)35-30)25-8-2-10-29(34-25)37-17-15-36(16-18-37)24-7-3-13-32-20-24/h1-3,5-8,10-13,19-21,26H,4,9,14-18H2/t26-/m1/s1. The first-order valence-corrected chi connectivity index (χ1v) is 13.5. The number of aromatic nitrogens is 5. The van der Waals surface area contributed by atoms with Crippen LogP contribution in [0.1, 0.15) is 24.4 Å². The Morgan fingerprint density at radius 3 is 2.51 bits per heavy atom. The molecule has 196 valence electrons. The molecule has 1 atom stereocenters. The molecule has 0 aliphatic carbocycles. The third-order valence-corrected chi connectivity index (χ3v) is 7.74. The quantitative estimate of drug-likeness (QED) is 0.323. The van der Waals surface area contributed by atoms with E-state index in [9.17, 15) is 4.39 Å². The lowest BCUT2D eigenvalue weighted by Crippen LogP contribution is -2.46. The molecular weight excluding hydrogens is 491 g/mol. The molecule has 7 rings (SSSR count). The Bertz CT molecular complexity index is 1600. The van der Waals surface area contributed by atoms with Crippen LogP contribution in [-0.2, 0) is 0 Å². The van der Waals surface area contributed by atoms with E-state index in [4.69, 9.17) is 10.1 Å². The molecule has 0 N–H and O–H groups in total. The van der Waals surface area contributed by atoms with Gasteiger partial charge in [0.2, 0.25) is 0 Å². The maximum atomic E-state index is 14.0. The summed E-state index contributed by atoms with van der Waals surface area (Å²) >= 11 is 0. The molecule has 2 aliphatic heterocycles. The number of pyridine rings is 2. The van der Waals surface area contributed by atoms with Crippen LogP contribution in [0.15, 0.2) is 85.3 Å². The first-order valence-electron chi connectivity index (χ1n) is 13.5. The van der Waals surface area contributed by atoms with Crippen LogP contribution in [-0.4, -0.2) is 57.3 Å². The van der Waals surface area contributed by atoms with Gasteiger partial charge in [-0.05, 0) is 66.9 Å². The van der Waals surface area contributed by atoms with Crippen molar-refractivity contribution >= 4 is 23.0 Å². The maximum Gasteiger partial charge on any atom is 0.154 e. The van der Waals surface area contributed by atoms with Gasteiger partial charge in [-0.2, -0.15) is 0 Å². The lowest BCUT2D eigenvalue weighted by Gasteiger charge is -2.36. The minimum atomic E-state index is -0.205. The topological polar surface area (TPSA) is 65.7 Å². The van der Waals surface area contributed by atoms with Gasteiger partial charge in [-0.3, -0.25) is 4.98 Å². The second-order valence-electron chi connectivity index (χ2n) is 10.1. The first kappa shape index (κ1) is 23.6. The van der Waals surface area contributed by atoms with E-state index in [2.05, 4.69) is 42.9 Å². The molecule has 9 heteroatoms. The van der Waals surface area contributed by atoms with Gasteiger partial charge in [-0.25, -0.2) is 18.9 Å². The Labute approximate surface area is 226 Å². The van der Waals surface area contributed by atoms with Crippen LogP contribution < -0.4 is 14.7 Å². The smallest absolute Gasteiger partial charge is 0.154 e. The molecule has 39 heavy (non-hydrogen) atoms. The third kappa shape index (κ3) is 4.54. The van der Waals surface area contributed by atoms with Crippen LogP contribution in [0.2, 0.25) is 0 Å². The highest BCUT2D eigenvalue weighted by molar-refractivity contribution is 5.63. The molecule has 6 heterocycles. The van der Waals surface area contributed by atoms with Crippen molar-refractivity contribution in [2.75, 3.05) is 47.4 Å². The molecule has 0 amide bonds. The van der Waals surface area contributed by atoms with E-state index in [0.29, 0.717) is 0 Å². The minimum absolute atomic E-state index is 0.101. The van der Waals surface area contributed by atoms with E-state index in [-0.39, 0.29) is 11.9 Å². The molecule has 0 spiro atoms. The van der Waals surface area contributed by atoms with Gasteiger partial charge in [0.05, 0.1) is 29.8 Å². The van der Waals surface area contributed by atoms with E-state index in [1.165, 1.54) is 6.07 Å². The zero-order chi connectivity index (χ0) is 26.2. The largest absolute Gasteiger partial charge is 0.367 e. The predicted octanol–water partition coefficient (Wildman–Crippen LogP) is 4.99. The number of anilines is 3. The van der Waals surface area contributed by atoms with Gasteiger partial charge in [0, 0.05) is 38.9 Å². The molecule has 2 aliphatic rings.